The molecule has 236 valence electrons. The highest BCUT2D eigenvalue weighted by molar-refractivity contribution is 9.09. The normalized spacial score (nSPS) is 35.4. The van der Waals surface area contributed by atoms with Crippen LogP contribution in [0, 0.1) is 46.3 Å². The van der Waals surface area contributed by atoms with Crippen LogP contribution < -0.4 is 0 Å². The maximum Gasteiger partial charge on any atom is 0.306 e. The SMILES string of the molecule is CC(C)CCCC(C)C1CCC2C3CC=C4CC(OC(=O)CCCCCCCCCCBr)CCC4(C)C3CCC12C. The second-order valence-corrected chi connectivity index (χ2v) is 16.7. The predicted molar refractivity (Wildman–Crippen MR) is 178 cm³/mol. The van der Waals surface area contributed by atoms with Crippen LogP contribution in [0.25, 0.3) is 0 Å². The molecular formula is C38H65BrO2. The first kappa shape index (κ1) is 33.6. The Kier molecular flexibility index (Phi) is 12.8. The zero-order chi connectivity index (χ0) is 29.5. The number of carbonyl (C=O) groups is 1. The molecule has 4 aliphatic carbocycles. The van der Waals surface area contributed by atoms with Crippen LogP contribution in [0.4, 0.5) is 0 Å². The molecular weight excluding hydrogens is 568 g/mol. The average molecular weight is 634 g/mol. The lowest BCUT2D eigenvalue weighted by Gasteiger charge is -2.58. The third kappa shape index (κ3) is 8.25. The van der Waals surface area contributed by atoms with Crippen molar-refractivity contribution in [2.45, 2.75) is 169 Å². The van der Waals surface area contributed by atoms with Gasteiger partial charge in [-0.2, -0.15) is 0 Å². The van der Waals surface area contributed by atoms with Gasteiger partial charge in [0, 0.05) is 18.2 Å². The van der Waals surface area contributed by atoms with E-state index < -0.39 is 0 Å². The number of alkyl halides is 1. The molecule has 0 spiro atoms. The maximum absolute atomic E-state index is 12.7. The maximum atomic E-state index is 12.7. The van der Waals surface area contributed by atoms with E-state index in [9.17, 15) is 4.79 Å². The van der Waals surface area contributed by atoms with Crippen molar-refractivity contribution in [3.63, 3.8) is 0 Å². The fourth-order valence-corrected chi connectivity index (χ4v) is 10.8. The van der Waals surface area contributed by atoms with Crippen LogP contribution in [0.3, 0.4) is 0 Å². The molecule has 0 N–H and O–H groups in total. The Morgan fingerprint density at radius 3 is 2.29 bits per heavy atom. The number of fused-ring (bicyclic) bond motifs is 5. The van der Waals surface area contributed by atoms with Crippen LogP contribution in [0.5, 0.6) is 0 Å². The number of halogens is 1. The van der Waals surface area contributed by atoms with Crippen molar-refractivity contribution in [1.29, 1.82) is 0 Å². The summed E-state index contributed by atoms with van der Waals surface area (Å²) in [4.78, 5) is 12.7. The molecule has 3 saturated carbocycles. The Morgan fingerprint density at radius 1 is 0.878 bits per heavy atom. The molecule has 0 heterocycles. The lowest BCUT2D eigenvalue weighted by molar-refractivity contribution is -0.151. The third-order valence-electron chi connectivity index (χ3n) is 12.8. The number of unbranched alkanes of at least 4 members (excludes halogenated alkanes) is 7. The highest BCUT2D eigenvalue weighted by Gasteiger charge is 2.59. The molecule has 4 aliphatic rings. The molecule has 0 saturated heterocycles. The van der Waals surface area contributed by atoms with Crippen LogP contribution in [-0.2, 0) is 9.53 Å². The van der Waals surface area contributed by atoms with Crippen LogP contribution in [0.1, 0.15) is 163 Å². The number of ether oxygens (including phenoxy) is 1. The van der Waals surface area contributed by atoms with E-state index in [4.69, 9.17) is 4.74 Å². The van der Waals surface area contributed by atoms with Crippen molar-refractivity contribution in [1.82, 2.24) is 0 Å². The van der Waals surface area contributed by atoms with Gasteiger partial charge in [0.2, 0.25) is 0 Å². The Bertz CT molecular complexity index is 849. The zero-order valence-electron chi connectivity index (χ0n) is 27.7. The summed E-state index contributed by atoms with van der Waals surface area (Å²) in [6.45, 7) is 12.6. The minimum atomic E-state index is 0.0538. The Balaban J connectivity index is 1.24. The van der Waals surface area contributed by atoms with Crippen molar-refractivity contribution >= 4 is 21.9 Å². The Labute approximate surface area is 263 Å². The molecule has 8 atom stereocenters. The summed E-state index contributed by atoms with van der Waals surface area (Å²) in [5, 5.41) is 1.13. The minimum Gasteiger partial charge on any atom is -0.462 e. The van der Waals surface area contributed by atoms with Crippen LogP contribution >= 0.6 is 15.9 Å². The molecule has 3 heteroatoms. The van der Waals surface area contributed by atoms with Gasteiger partial charge in [-0.05, 0) is 104 Å². The molecule has 0 aliphatic heterocycles. The summed E-state index contributed by atoms with van der Waals surface area (Å²) in [6.07, 6.45) is 28.0. The van der Waals surface area contributed by atoms with E-state index in [1.54, 1.807) is 5.57 Å². The monoisotopic (exact) mass is 632 g/mol. The molecule has 0 radical (unpaired) electrons. The quantitative estimate of drug-likeness (QED) is 0.0732. The van der Waals surface area contributed by atoms with E-state index in [0.29, 0.717) is 17.3 Å². The summed E-state index contributed by atoms with van der Waals surface area (Å²) in [5.41, 5.74) is 2.53. The zero-order valence-corrected chi connectivity index (χ0v) is 29.2. The van der Waals surface area contributed by atoms with Crippen molar-refractivity contribution in [3.8, 4) is 0 Å². The van der Waals surface area contributed by atoms with Crippen LogP contribution in [0.15, 0.2) is 11.6 Å². The van der Waals surface area contributed by atoms with Gasteiger partial charge in [-0.15, -0.1) is 0 Å². The number of hydrogen-bond donors (Lipinski definition) is 0. The first-order chi connectivity index (χ1) is 19.7. The second-order valence-electron chi connectivity index (χ2n) is 15.9. The van der Waals surface area contributed by atoms with Crippen molar-refractivity contribution < 1.29 is 9.53 Å². The average Bonchev–Trinajstić information content (AvgIpc) is 3.29. The minimum absolute atomic E-state index is 0.0538. The molecule has 41 heavy (non-hydrogen) atoms. The number of rotatable bonds is 16. The smallest absolute Gasteiger partial charge is 0.306 e. The van der Waals surface area contributed by atoms with Crippen LogP contribution in [0.2, 0.25) is 0 Å². The molecule has 4 rings (SSSR count). The van der Waals surface area contributed by atoms with Gasteiger partial charge < -0.3 is 4.74 Å². The van der Waals surface area contributed by atoms with Crippen molar-refractivity contribution in [3.05, 3.63) is 11.6 Å². The van der Waals surface area contributed by atoms with E-state index >= 15 is 0 Å². The molecule has 0 amide bonds. The lowest BCUT2D eigenvalue weighted by Crippen LogP contribution is -2.51. The number of allylic oxidation sites excluding steroid dienone is 1. The highest BCUT2D eigenvalue weighted by atomic mass is 79.9. The van der Waals surface area contributed by atoms with Gasteiger partial charge in [-0.25, -0.2) is 0 Å². The summed E-state index contributed by atoms with van der Waals surface area (Å²) < 4.78 is 6.08. The highest BCUT2D eigenvalue weighted by Crippen LogP contribution is 2.67. The predicted octanol–water partition coefficient (Wildman–Crippen LogP) is 11.8. The third-order valence-corrected chi connectivity index (χ3v) is 13.4. The van der Waals surface area contributed by atoms with Crippen molar-refractivity contribution in [2.24, 2.45) is 46.3 Å². The van der Waals surface area contributed by atoms with Gasteiger partial charge in [0.25, 0.3) is 0 Å². The van der Waals surface area contributed by atoms with Gasteiger partial charge in [-0.1, -0.05) is 120 Å². The van der Waals surface area contributed by atoms with Gasteiger partial charge in [0.05, 0.1) is 0 Å². The number of hydrogen-bond acceptors (Lipinski definition) is 2. The van der Waals surface area contributed by atoms with Gasteiger partial charge in [0.1, 0.15) is 6.10 Å². The first-order valence-corrected chi connectivity index (χ1v) is 19.3. The molecule has 0 bridgehead atoms. The van der Waals surface area contributed by atoms with E-state index in [0.717, 1.165) is 60.1 Å². The summed E-state index contributed by atoms with van der Waals surface area (Å²) in [5.74, 6) is 5.33. The lowest BCUT2D eigenvalue weighted by atomic mass is 9.47. The fourth-order valence-electron chi connectivity index (χ4n) is 10.4. The van der Waals surface area contributed by atoms with E-state index in [-0.39, 0.29) is 12.1 Å². The van der Waals surface area contributed by atoms with Crippen LogP contribution in [-0.4, -0.2) is 17.4 Å². The molecule has 0 aromatic carbocycles. The summed E-state index contributed by atoms with van der Waals surface area (Å²) in [7, 11) is 0. The van der Waals surface area contributed by atoms with E-state index in [2.05, 4.69) is 56.6 Å². The molecule has 2 nitrogen and oxygen atoms in total. The Morgan fingerprint density at radius 2 is 1.59 bits per heavy atom. The number of esters is 1. The standard InChI is InChI=1S/C38H65BrO2/c1-28(2)15-14-16-29(3)33-20-21-34-32-19-18-30-27-31(22-24-37(30,4)35(32)23-25-38(33,34)5)41-36(40)17-12-10-8-6-7-9-11-13-26-39/h18,28-29,31-35H,6-17,19-27H2,1-5H3. The molecule has 3 fully saturated rings. The Hall–Kier alpha value is -0.310. The van der Waals surface area contributed by atoms with Gasteiger partial charge in [-0.3, -0.25) is 4.79 Å². The number of carbonyl (C=O) groups excluding carboxylic acids is 1. The first-order valence-electron chi connectivity index (χ1n) is 18.1. The molecule has 0 aromatic rings. The van der Waals surface area contributed by atoms with Crippen molar-refractivity contribution in [2.75, 3.05) is 5.33 Å². The fraction of sp³-hybridized carbons (Fsp3) is 0.921. The molecule has 0 aromatic heterocycles. The summed E-state index contributed by atoms with van der Waals surface area (Å²) in [6, 6.07) is 0. The van der Waals surface area contributed by atoms with E-state index in [1.165, 1.54) is 103 Å². The van der Waals surface area contributed by atoms with E-state index in [1.807, 2.05) is 0 Å². The summed E-state index contributed by atoms with van der Waals surface area (Å²) >= 11 is 3.51. The van der Waals surface area contributed by atoms with Gasteiger partial charge >= 0.3 is 5.97 Å². The second kappa shape index (κ2) is 15.6. The largest absolute Gasteiger partial charge is 0.462 e. The molecule has 8 unspecified atom stereocenters. The van der Waals surface area contributed by atoms with Gasteiger partial charge in [0.15, 0.2) is 0 Å². The topological polar surface area (TPSA) is 26.3 Å².